The number of halogens is 2. The SMILES string of the molecule is COc1cc(NC(=O)C(CCSC)NS(=O)(=O)c2cc(Cl)ccc2Cl)cc(OC)c1. The van der Waals surface area contributed by atoms with E-state index in [4.69, 9.17) is 32.7 Å². The van der Waals surface area contributed by atoms with Crippen molar-refractivity contribution in [1.82, 2.24) is 4.72 Å². The topological polar surface area (TPSA) is 93.7 Å². The summed E-state index contributed by atoms with van der Waals surface area (Å²) in [5.41, 5.74) is 0.408. The van der Waals surface area contributed by atoms with Gasteiger partial charge >= 0.3 is 0 Å². The first-order valence-corrected chi connectivity index (χ1v) is 12.3. The molecule has 164 valence electrons. The first-order valence-electron chi connectivity index (χ1n) is 8.70. The quantitative estimate of drug-likeness (QED) is 0.519. The number of benzene rings is 2. The fourth-order valence-electron chi connectivity index (χ4n) is 2.52. The summed E-state index contributed by atoms with van der Waals surface area (Å²) >= 11 is 13.4. The fraction of sp³-hybridized carbons (Fsp3) is 0.316. The molecule has 2 aromatic rings. The lowest BCUT2D eigenvalue weighted by atomic mass is 10.2. The van der Waals surface area contributed by atoms with Crippen molar-refractivity contribution < 1.29 is 22.7 Å². The van der Waals surface area contributed by atoms with Gasteiger partial charge in [-0.2, -0.15) is 16.5 Å². The number of anilines is 1. The van der Waals surface area contributed by atoms with Crippen molar-refractivity contribution in [1.29, 1.82) is 0 Å². The summed E-state index contributed by atoms with van der Waals surface area (Å²) < 4.78 is 38.5. The van der Waals surface area contributed by atoms with Gasteiger partial charge in [0.2, 0.25) is 15.9 Å². The van der Waals surface area contributed by atoms with Gasteiger partial charge in [-0.3, -0.25) is 4.79 Å². The van der Waals surface area contributed by atoms with Crippen LogP contribution in [0.25, 0.3) is 0 Å². The molecule has 0 heterocycles. The Morgan fingerprint density at radius 1 is 1.10 bits per heavy atom. The van der Waals surface area contributed by atoms with Crippen LogP contribution in [0.5, 0.6) is 11.5 Å². The highest BCUT2D eigenvalue weighted by Crippen LogP contribution is 2.27. The predicted molar refractivity (Wildman–Crippen MR) is 122 cm³/mol. The van der Waals surface area contributed by atoms with E-state index in [0.29, 0.717) is 22.9 Å². The third kappa shape index (κ3) is 6.68. The minimum atomic E-state index is -4.09. The Hall–Kier alpha value is -1.65. The number of hydrogen-bond acceptors (Lipinski definition) is 6. The van der Waals surface area contributed by atoms with Crippen molar-refractivity contribution in [2.24, 2.45) is 0 Å². The van der Waals surface area contributed by atoms with Gasteiger partial charge in [0.1, 0.15) is 22.4 Å². The summed E-state index contributed by atoms with van der Waals surface area (Å²) in [6.45, 7) is 0. The van der Waals surface area contributed by atoms with Crippen LogP contribution < -0.4 is 19.5 Å². The van der Waals surface area contributed by atoms with Crippen LogP contribution in [-0.4, -0.2) is 46.6 Å². The predicted octanol–water partition coefficient (Wildman–Crippen LogP) is 4.05. The largest absolute Gasteiger partial charge is 0.497 e. The third-order valence-corrected chi connectivity index (χ3v) is 6.86. The Balaban J connectivity index is 2.28. The average Bonchev–Trinajstić information content (AvgIpc) is 2.72. The molecular weight excluding hydrogens is 471 g/mol. The van der Waals surface area contributed by atoms with Crippen LogP contribution in [0.15, 0.2) is 41.3 Å². The molecule has 2 rings (SSSR count). The lowest BCUT2D eigenvalue weighted by molar-refractivity contribution is -0.117. The summed E-state index contributed by atoms with van der Waals surface area (Å²) in [5, 5.41) is 2.93. The number of methoxy groups -OCH3 is 2. The molecule has 0 saturated heterocycles. The van der Waals surface area contributed by atoms with Crippen LogP contribution in [0, 0.1) is 0 Å². The molecule has 0 bridgehead atoms. The first-order chi connectivity index (χ1) is 14.2. The minimum Gasteiger partial charge on any atom is -0.497 e. The summed E-state index contributed by atoms with van der Waals surface area (Å²) in [6, 6.07) is 7.94. The zero-order valence-corrected chi connectivity index (χ0v) is 19.7. The molecular formula is C19H22Cl2N2O5S2. The van der Waals surface area contributed by atoms with E-state index in [1.165, 1.54) is 44.2 Å². The number of rotatable bonds is 10. The van der Waals surface area contributed by atoms with Gasteiger partial charge in [0.05, 0.1) is 19.2 Å². The van der Waals surface area contributed by atoms with Crippen molar-refractivity contribution in [3.05, 3.63) is 46.4 Å². The molecule has 2 N–H and O–H groups in total. The maximum atomic E-state index is 12.9. The molecule has 7 nitrogen and oxygen atoms in total. The van der Waals surface area contributed by atoms with Crippen LogP contribution in [0.1, 0.15) is 6.42 Å². The van der Waals surface area contributed by atoms with E-state index < -0.39 is 22.0 Å². The maximum absolute atomic E-state index is 12.9. The van der Waals surface area contributed by atoms with Crippen LogP contribution in [0.2, 0.25) is 10.0 Å². The molecule has 0 fully saturated rings. The molecule has 1 atom stereocenters. The number of amides is 1. The van der Waals surface area contributed by atoms with Gasteiger partial charge in [-0.15, -0.1) is 0 Å². The fourth-order valence-corrected chi connectivity index (χ4v) is 4.99. The number of ether oxygens (including phenoxy) is 2. The monoisotopic (exact) mass is 492 g/mol. The zero-order chi connectivity index (χ0) is 22.3. The van der Waals surface area contributed by atoms with Gasteiger partial charge in [-0.25, -0.2) is 8.42 Å². The van der Waals surface area contributed by atoms with Crippen LogP contribution in [-0.2, 0) is 14.8 Å². The standard InChI is InChI=1S/C19H22Cl2N2O5S2/c1-27-14-9-13(10-15(11-14)28-2)22-19(24)17(6-7-29-3)23-30(25,26)18-8-12(20)4-5-16(18)21/h4-5,8-11,17,23H,6-7H2,1-3H3,(H,22,24). The Labute approximate surface area is 190 Å². The van der Waals surface area contributed by atoms with Crippen molar-refractivity contribution in [3.8, 4) is 11.5 Å². The molecule has 30 heavy (non-hydrogen) atoms. The lowest BCUT2D eigenvalue weighted by Gasteiger charge is -2.19. The number of nitrogens with one attached hydrogen (secondary N) is 2. The molecule has 0 aliphatic rings. The summed E-state index contributed by atoms with van der Waals surface area (Å²) in [6.07, 6.45) is 2.13. The Morgan fingerprint density at radius 3 is 2.30 bits per heavy atom. The molecule has 11 heteroatoms. The smallest absolute Gasteiger partial charge is 0.242 e. The van der Waals surface area contributed by atoms with Gasteiger partial charge in [0, 0.05) is 28.9 Å². The molecule has 0 aliphatic carbocycles. The zero-order valence-electron chi connectivity index (χ0n) is 16.6. The normalized spacial score (nSPS) is 12.3. The Kier molecular flexibility index (Phi) is 9.11. The summed E-state index contributed by atoms with van der Waals surface area (Å²) in [5.74, 6) is 1.000. The third-order valence-electron chi connectivity index (χ3n) is 4.03. The van der Waals surface area contributed by atoms with Crippen molar-refractivity contribution in [2.75, 3.05) is 31.5 Å². The highest BCUT2D eigenvalue weighted by Gasteiger charge is 2.27. The van der Waals surface area contributed by atoms with Crippen LogP contribution in [0.4, 0.5) is 5.69 Å². The maximum Gasteiger partial charge on any atom is 0.242 e. The van der Waals surface area contributed by atoms with Gasteiger partial charge < -0.3 is 14.8 Å². The summed E-state index contributed by atoms with van der Waals surface area (Å²) in [7, 11) is -1.11. The van der Waals surface area contributed by atoms with E-state index in [9.17, 15) is 13.2 Å². The minimum absolute atomic E-state index is 0.00783. The number of carbonyl (C=O) groups is 1. The molecule has 1 unspecified atom stereocenters. The molecule has 0 aromatic heterocycles. The Morgan fingerprint density at radius 2 is 1.73 bits per heavy atom. The van der Waals surface area contributed by atoms with Crippen LogP contribution >= 0.6 is 35.0 Å². The lowest BCUT2D eigenvalue weighted by Crippen LogP contribution is -2.44. The van der Waals surface area contributed by atoms with Gasteiger partial charge in [0.15, 0.2) is 0 Å². The molecule has 1 amide bonds. The van der Waals surface area contributed by atoms with E-state index in [1.807, 2.05) is 6.26 Å². The van der Waals surface area contributed by atoms with Gasteiger partial charge in [-0.1, -0.05) is 23.2 Å². The number of sulfonamides is 1. The van der Waals surface area contributed by atoms with Crippen molar-refractivity contribution >= 4 is 56.6 Å². The van der Waals surface area contributed by atoms with E-state index in [-0.39, 0.29) is 21.4 Å². The molecule has 2 aromatic carbocycles. The van der Waals surface area contributed by atoms with E-state index in [2.05, 4.69) is 10.0 Å². The second-order valence-electron chi connectivity index (χ2n) is 6.12. The second kappa shape index (κ2) is 11.1. The van der Waals surface area contributed by atoms with E-state index >= 15 is 0 Å². The number of hydrogen-bond donors (Lipinski definition) is 2. The van der Waals surface area contributed by atoms with E-state index in [0.717, 1.165) is 0 Å². The average molecular weight is 493 g/mol. The number of thioether (sulfide) groups is 1. The van der Waals surface area contributed by atoms with E-state index in [1.54, 1.807) is 18.2 Å². The molecule has 0 spiro atoms. The first kappa shape index (κ1) is 24.6. The van der Waals surface area contributed by atoms with Gasteiger partial charge in [0.25, 0.3) is 0 Å². The molecule has 0 saturated carbocycles. The Bertz CT molecular complexity index is 980. The van der Waals surface area contributed by atoms with Gasteiger partial charge in [-0.05, 0) is 36.6 Å². The molecule has 0 aliphatic heterocycles. The van der Waals surface area contributed by atoms with Crippen LogP contribution in [0.3, 0.4) is 0 Å². The molecule has 0 radical (unpaired) electrons. The van der Waals surface area contributed by atoms with Crippen molar-refractivity contribution in [3.63, 3.8) is 0 Å². The highest BCUT2D eigenvalue weighted by atomic mass is 35.5. The number of carbonyl (C=O) groups excluding carboxylic acids is 1. The second-order valence-corrected chi connectivity index (χ2v) is 9.63. The highest BCUT2D eigenvalue weighted by molar-refractivity contribution is 7.98. The summed E-state index contributed by atoms with van der Waals surface area (Å²) in [4.78, 5) is 12.7. The van der Waals surface area contributed by atoms with Crippen molar-refractivity contribution in [2.45, 2.75) is 17.4 Å².